The number of H-pyrrole nitrogens is 1. The lowest BCUT2D eigenvalue weighted by Crippen LogP contribution is -1.97. The minimum Gasteiger partial charge on any atom is -0.282 e. The molecule has 0 bridgehead atoms. The molecule has 1 heterocycles. The quantitative estimate of drug-likeness (QED) is 0.903. The molecular weight excluding hydrogens is 276 g/mol. The molecule has 0 atom stereocenters. The number of nitrogens with one attached hydrogen (secondary N) is 1. The lowest BCUT2D eigenvalue weighted by atomic mass is 9.98. The second-order valence-corrected chi connectivity index (χ2v) is 5.63. The Morgan fingerprint density at radius 2 is 2.06 bits per heavy atom. The Hall–Kier alpha value is -1.09. The van der Waals surface area contributed by atoms with E-state index < -0.39 is 0 Å². The SMILES string of the molecule is Cc1cc(Br)ccc1Cc1cn[nH]c1C(C)C. The summed E-state index contributed by atoms with van der Waals surface area (Å²) in [5.41, 5.74) is 5.21. The molecule has 0 saturated heterocycles. The summed E-state index contributed by atoms with van der Waals surface area (Å²) in [7, 11) is 0. The van der Waals surface area contributed by atoms with Crippen molar-refractivity contribution < 1.29 is 0 Å². The average molecular weight is 293 g/mol. The van der Waals surface area contributed by atoms with Gasteiger partial charge in [0, 0.05) is 16.6 Å². The summed E-state index contributed by atoms with van der Waals surface area (Å²) >= 11 is 3.49. The van der Waals surface area contributed by atoms with E-state index >= 15 is 0 Å². The third-order valence-corrected chi connectivity index (χ3v) is 3.51. The van der Waals surface area contributed by atoms with Crippen LogP contribution >= 0.6 is 15.9 Å². The van der Waals surface area contributed by atoms with E-state index in [1.54, 1.807) is 0 Å². The first-order valence-electron chi connectivity index (χ1n) is 5.85. The Morgan fingerprint density at radius 3 is 2.71 bits per heavy atom. The van der Waals surface area contributed by atoms with Gasteiger partial charge in [0.15, 0.2) is 0 Å². The number of aromatic amines is 1. The molecule has 2 nitrogen and oxygen atoms in total. The molecule has 0 radical (unpaired) electrons. The summed E-state index contributed by atoms with van der Waals surface area (Å²) in [4.78, 5) is 0. The van der Waals surface area contributed by atoms with Gasteiger partial charge in [-0.05, 0) is 41.7 Å². The van der Waals surface area contributed by atoms with E-state index in [0.717, 1.165) is 10.9 Å². The smallest absolute Gasteiger partial charge is 0.0525 e. The molecule has 1 aromatic carbocycles. The number of aryl methyl sites for hydroxylation is 1. The first kappa shape index (κ1) is 12.4. The van der Waals surface area contributed by atoms with Crippen molar-refractivity contribution in [1.29, 1.82) is 0 Å². The molecule has 0 aliphatic carbocycles. The van der Waals surface area contributed by atoms with Crippen molar-refractivity contribution in [3.8, 4) is 0 Å². The van der Waals surface area contributed by atoms with Crippen LogP contribution < -0.4 is 0 Å². The summed E-state index contributed by atoms with van der Waals surface area (Å²) in [6, 6.07) is 6.43. The van der Waals surface area contributed by atoms with Gasteiger partial charge >= 0.3 is 0 Å². The summed E-state index contributed by atoms with van der Waals surface area (Å²) in [6.45, 7) is 6.52. The maximum atomic E-state index is 4.15. The third-order valence-electron chi connectivity index (χ3n) is 3.01. The summed E-state index contributed by atoms with van der Waals surface area (Å²) in [5, 5.41) is 7.25. The van der Waals surface area contributed by atoms with Gasteiger partial charge in [-0.2, -0.15) is 5.10 Å². The number of aromatic nitrogens is 2. The number of nitrogens with zero attached hydrogens (tertiary/aromatic N) is 1. The first-order valence-corrected chi connectivity index (χ1v) is 6.64. The minimum atomic E-state index is 0.489. The molecule has 0 spiro atoms. The lowest BCUT2D eigenvalue weighted by molar-refractivity contribution is 0.799. The molecule has 0 unspecified atom stereocenters. The Kier molecular flexibility index (Phi) is 3.67. The topological polar surface area (TPSA) is 28.7 Å². The van der Waals surface area contributed by atoms with Gasteiger partial charge in [0.2, 0.25) is 0 Å². The zero-order valence-corrected chi connectivity index (χ0v) is 12.0. The molecule has 0 fully saturated rings. The Bertz CT molecular complexity index is 515. The zero-order chi connectivity index (χ0) is 12.4. The van der Waals surface area contributed by atoms with Gasteiger partial charge in [-0.3, -0.25) is 5.10 Å². The van der Waals surface area contributed by atoms with Crippen LogP contribution in [0.1, 0.15) is 42.1 Å². The molecule has 0 saturated carbocycles. The number of hydrogen-bond acceptors (Lipinski definition) is 1. The van der Waals surface area contributed by atoms with Crippen molar-refractivity contribution in [3.05, 3.63) is 51.3 Å². The molecular formula is C14H17BrN2. The van der Waals surface area contributed by atoms with Crippen LogP contribution in [-0.4, -0.2) is 10.2 Å². The van der Waals surface area contributed by atoms with Crippen LogP contribution in [0.4, 0.5) is 0 Å². The molecule has 1 N–H and O–H groups in total. The molecule has 90 valence electrons. The lowest BCUT2D eigenvalue weighted by Gasteiger charge is -2.08. The van der Waals surface area contributed by atoms with Gasteiger partial charge in [-0.25, -0.2) is 0 Å². The average Bonchev–Trinajstić information content (AvgIpc) is 2.70. The molecule has 0 aliphatic rings. The van der Waals surface area contributed by atoms with E-state index in [9.17, 15) is 0 Å². The van der Waals surface area contributed by atoms with Gasteiger partial charge in [0.1, 0.15) is 0 Å². The first-order chi connectivity index (χ1) is 8.08. The zero-order valence-electron chi connectivity index (χ0n) is 10.4. The molecule has 2 rings (SSSR count). The second-order valence-electron chi connectivity index (χ2n) is 4.71. The molecule has 0 aliphatic heterocycles. The van der Waals surface area contributed by atoms with Crippen molar-refractivity contribution in [2.45, 2.75) is 33.1 Å². The van der Waals surface area contributed by atoms with E-state index in [1.165, 1.54) is 22.4 Å². The number of benzene rings is 1. The van der Waals surface area contributed by atoms with Crippen LogP contribution in [0.3, 0.4) is 0 Å². The highest BCUT2D eigenvalue weighted by Gasteiger charge is 2.10. The van der Waals surface area contributed by atoms with Crippen molar-refractivity contribution >= 4 is 15.9 Å². The molecule has 17 heavy (non-hydrogen) atoms. The van der Waals surface area contributed by atoms with Gasteiger partial charge in [0.05, 0.1) is 6.20 Å². The van der Waals surface area contributed by atoms with Crippen LogP contribution in [0.2, 0.25) is 0 Å². The van der Waals surface area contributed by atoms with Crippen LogP contribution in [-0.2, 0) is 6.42 Å². The summed E-state index contributed by atoms with van der Waals surface area (Å²) in [6.07, 6.45) is 2.89. The molecule has 1 aromatic heterocycles. The standard InChI is InChI=1S/C14H17BrN2/c1-9(2)14-12(8-16-17-14)7-11-4-5-13(15)6-10(11)3/h4-6,8-9H,7H2,1-3H3,(H,16,17). The number of rotatable bonds is 3. The van der Waals surface area contributed by atoms with Crippen LogP contribution in [0.15, 0.2) is 28.9 Å². The monoisotopic (exact) mass is 292 g/mol. The fourth-order valence-electron chi connectivity index (χ4n) is 2.02. The van der Waals surface area contributed by atoms with Gasteiger partial charge in [0.25, 0.3) is 0 Å². The normalized spacial score (nSPS) is 11.1. The van der Waals surface area contributed by atoms with E-state index in [-0.39, 0.29) is 0 Å². The maximum Gasteiger partial charge on any atom is 0.0525 e. The Balaban J connectivity index is 2.28. The van der Waals surface area contributed by atoms with Crippen LogP contribution in [0.5, 0.6) is 0 Å². The van der Waals surface area contributed by atoms with Gasteiger partial charge in [-0.1, -0.05) is 35.8 Å². The minimum absolute atomic E-state index is 0.489. The van der Waals surface area contributed by atoms with E-state index in [1.807, 2.05) is 6.20 Å². The fourth-order valence-corrected chi connectivity index (χ4v) is 2.50. The van der Waals surface area contributed by atoms with E-state index in [4.69, 9.17) is 0 Å². The Morgan fingerprint density at radius 1 is 1.29 bits per heavy atom. The number of hydrogen-bond donors (Lipinski definition) is 1. The summed E-state index contributed by atoms with van der Waals surface area (Å²) < 4.78 is 1.13. The third kappa shape index (κ3) is 2.78. The van der Waals surface area contributed by atoms with Gasteiger partial charge in [-0.15, -0.1) is 0 Å². The van der Waals surface area contributed by atoms with E-state index in [2.05, 4.69) is 65.1 Å². The van der Waals surface area contributed by atoms with E-state index in [0.29, 0.717) is 5.92 Å². The molecule has 3 heteroatoms. The largest absolute Gasteiger partial charge is 0.282 e. The highest BCUT2D eigenvalue weighted by Crippen LogP contribution is 2.22. The van der Waals surface area contributed by atoms with Gasteiger partial charge < -0.3 is 0 Å². The highest BCUT2D eigenvalue weighted by molar-refractivity contribution is 9.10. The van der Waals surface area contributed by atoms with Crippen molar-refractivity contribution in [3.63, 3.8) is 0 Å². The second kappa shape index (κ2) is 5.05. The predicted octanol–water partition coefficient (Wildman–Crippen LogP) is 4.19. The van der Waals surface area contributed by atoms with Crippen molar-refractivity contribution in [2.75, 3.05) is 0 Å². The fraction of sp³-hybridized carbons (Fsp3) is 0.357. The maximum absolute atomic E-state index is 4.15. The van der Waals surface area contributed by atoms with Crippen molar-refractivity contribution in [1.82, 2.24) is 10.2 Å². The molecule has 0 amide bonds. The van der Waals surface area contributed by atoms with Crippen molar-refractivity contribution in [2.24, 2.45) is 0 Å². The predicted molar refractivity (Wildman–Crippen MR) is 74.4 cm³/mol. The molecule has 2 aromatic rings. The highest BCUT2D eigenvalue weighted by atomic mass is 79.9. The Labute approximate surface area is 111 Å². The van der Waals surface area contributed by atoms with Crippen LogP contribution in [0, 0.1) is 6.92 Å². The summed E-state index contributed by atoms with van der Waals surface area (Å²) in [5.74, 6) is 0.489. The van der Waals surface area contributed by atoms with Crippen LogP contribution in [0.25, 0.3) is 0 Å². The number of halogens is 1.